The molecule has 2 aliphatic rings. The Hall–Kier alpha value is -3.48. The van der Waals surface area contributed by atoms with Crippen LogP contribution in [0.1, 0.15) is 31.4 Å². The molecule has 7 nitrogen and oxygen atoms in total. The molecule has 0 aliphatic carbocycles. The van der Waals surface area contributed by atoms with Crippen molar-refractivity contribution in [2.24, 2.45) is 5.41 Å². The molecule has 2 aromatic carbocycles. The van der Waals surface area contributed by atoms with Crippen molar-refractivity contribution in [2.75, 3.05) is 24.5 Å². The molecule has 0 saturated carbocycles. The minimum atomic E-state index is -0.279. The maximum atomic E-state index is 13.6. The molecule has 4 heterocycles. The van der Waals surface area contributed by atoms with Gasteiger partial charge >= 0.3 is 0 Å². The zero-order valence-corrected chi connectivity index (χ0v) is 17.9. The number of aromatic nitrogens is 3. The first-order valence-electron chi connectivity index (χ1n) is 11.3. The first kappa shape index (κ1) is 19.2. The summed E-state index contributed by atoms with van der Waals surface area (Å²) >= 11 is 0. The van der Waals surface area contributed by atoms with Crippen molar-refractivity contribution in [3.63, 3.8) is 0 Å². The molecule has 1 spiro atoms. The first-order valence-corrected chi connectivity index (χ1v) is 11.3. The molecule has 0 radical (unpaired) electrons. The number of para-hydroxylation sites is 3. The lowest BCUT2D eigenvalue weighted by atomic mass is 9.71. The van der Waals surface area contributed by atoms with Crippen molar-refractivity contribution in [1.29, 1.82) is 0 Å². The fourth-order valence-corrected chi connectivity index (χ4v) is 5.26. The van der Waals surface area contributed by atoms with Crippen LogP contribution < -0.4 is 4.90 Å². The van der Waals surface area contributed by atoms with Crippen LogP contribution >= 0.6 is 0 Å². The number of anilines is 1. The van der Waals surface area contributed by atoms with Crippen molar-refractivity contribution >= 4 is 33.7 Å². The van der Waals surface area contributed by atoms with Crippen molar-refractivity contribution in [1.82, 2.24) is 20.0 Å². The van der Waals surface area contributed by atoms with E-state index in [4.69, 9.17) is 9.51 Å². The van der Waals surface area contributed by atoms with E-state index in [1.165, 1.54) is 0 Å². The SMILES string of the molecule is O=C1N(Cc2noc3ccccc23)CCCC12CCN(c1cnc3ccccc3n1)CC2. The Morgan fingerprint density at radius 1 is 0.938 bits per heavy atom. The van der Waals surface area contributed by atoms with E-state index in [0.29, 0.717) is 6.54 Å². The van der Waals surface area contributed by atoms with Gasteiger partial charge in [0, 0.05) is 25.0 Å². The summed E-state index contributed by atoms with van der Waals surface area (Å²) < 4.78 is 5.45. The molecule has 2 saturated heterocycles. The number of carbonyl (C=O) groups excluding carboxylic acids is 1. The zero-order valence-electron chi connectivity index (χ0n) is 17.9. The minimum Gasteiger partial charge on any atom is -0.356 e. The summed E-state index contributed by atoms with van der Waals surface area (Å²) in [5.74, 6) is 1.16. The number of nitrogens with zero attached hydrogens (tertiary/aromatic N) is 5. The number of benzene rings is 2. The van der Waals surface area contributed by atoms with E-state index in [9.17, 15) is 4.79 Å². The third kappa shape index (κ3) is 3.20. The van der Waals surface area contributed by atoms with Crippen LogP contribution in [0.5, 0.6) is 0 Å². The molecule has 1 amide bonds. The number of piperidine rings is 2. The summed E-state index contributed by atoms with van der Waals surface area (Å²) in [7, 11) is 0. The third-order valence-electron chi connectivity index (χ3n) is 7.10. The Kier molecular flexibility index (Phi) is 4.56. The van der Waals surface area contributed by atoms with Crippen molar-refractivity contribution in [3.8, 4) is 0 Å². The molecule has 2 aromatic heterocycles. The van der Waals surface area contributed by atoms with Gasteiger partial charge in [-0.2, -0.15) is 0 Å². The van der Waals surface area contributed by atoms with Gasteiger partial charge in [-0.1, -0.05) is 29.4 Å². The molecule has 32 heavy (non-hydrogen) atoms. The quantitative estimate of drug-likeness (QED) is 0.488. The number of hydrogen-bond acceptors (Lipinski definition) is 6. The second-order valence-corrected chi connectivity index (χ2v) is 8.94. The highest BCUT2D eigenvalue weighted by molar-refractivity contribution is 5.85. The van der Waals surface area contributed by atoms with Gasteiger partial charge in [-0.15, -0.1) is 0 Å². The zero-order chi connectivity index (χ0) is 21.5. The van der Waals surface area contributed by atoms with Gasteiger partial charge in [0.15, 0.2) is 5.58 Å². The van der Waals surface area contributed by atoms with Crippen LogP contribution in [-0.4, -0.2) is 45.6 Å². The van der Waals surface area contributed by atoms with Gasteiger partial charge in [-0.25, -0.2) is 4.98 Å². The first-order chi connectivity index (χ1) is 15.7. The van der Waals surface area contributed by atoms with Crippen LogP contribution in [0.2, 0.25) is 0 Å². The van der Waals surface area contributed by atoms with E-state index in [2.05, 4.69) is 15.0 Å². The van der Waals surface area contributed by atoms with Gasteiger partial charge in [-0.3, -0.25) is 9.78 Å². The van der Waals surface area contributed by atoms with Crippen LogP contribution in [-0.2, 0) is 11.3 Å². The fraction of sp³-hybridized carbons (Fsp3) is 0.360. The topological polar surface area (TPSA) is 75.4 Å². The number of hydrogen-bond donors (Lipinski definition) is 0. The molecule has 2 aliphatic heterocycles. The predicted octanol–water partition coefficient (Wildman–Crippen LogP) is 4.18. The van der Waals surface area contributed by atoms with E-state index >= 15 is 0 Å². The number of rotatable bonds is 3. The second kappa shape index (κ2) is 7.58. The van der Waals surface area contributed by atoms with E-state index in [1.807, 2.05) is 59.6 Å². The number of fused-ring (bicyclic) bond motifs is 2. The predicted molar refractivity (Wildman–Crippen MR) is 122 cm³/mol. The second-order valence-electron chi connectivity index (χ2n) is 8.94. The molecule has 7 heteroatoms. The summed E-state index contributed by atoms with van der Waals surface area (Å²) in [5, 5.41) is 5.23. The minimum absolute atomic E-state index is 0.264. The van der Waals surface area contributed by atoms with E-state index in [-0.39, 0.29) is 11.3 Å². The Labute approximate surface area is 186 Å². The maximum absolute atomic E-state index is 13.6. The highest BCUT2D eigenvalue weighted by Crippen LogP contribution is 2.42. The lowest BCUT2D eigenvalue weighted by Crippen LogP contribution is -2.53. The van der Waals surface area contributed by atoms with Crippen LogP contribution in [0.15, 0.2) is 59.3 Å². The Morgan fingerprint density at radius 2 is 1.72 bits per heavy atom. The lowest BCUT2D eigenvalue weighted by Gasteiger charge is -2.46. The number of likely N-dealkylation sites (tertiary alicyclic amines) is 1. The molecule has 0 bridgehead atoms. The molecule has 0 atom stereocenters. The fourth-order valence-electron chi connectivity index (χ4n) is 5.26. The third-order valence-corrected chi connectivity index (χ3v) is 7.10. The summed E-state index contributed by atoms with van der Waals surface area (Å²) in [5.41, 5.74) is 3.15. The maximum Gasteiger partial charge on any atom is 0.229 e. The summed E-state index contributed by atoms with van der Waals surface area (Å²) in [6.45, 7) is 2.93. The summed E-state index contributed by atoms with van der Waals surface area (Å²) in [6, 6.07) is 15.8. The van der Waals surface area contributed by atoms with Gasteiger partial charge in [0.1, 0.15) is 11.5 Å². The van der Waals surface area contributed by atoms with Gasteiger partial charge in [0.25, 0.3) is 0 Å². The Balaban J connectivity index is 1.18. The smallest absolute Gasteiger partial charge is 0.229 e. The van der Waals surface area contributed by atoms with Crippen LogP contribution in [0.4, 0.5) is 5.82 Å². The van der Waals surface area contributed by atoms with Crippen molar-refractivity contribution < 1.29 is 9.32 Å². The summed E-state index contributed by atoms with van der Waals surface area (Å²) in [4.78, 5) is 27.2. The van der Waals surface area contributed by atoms with E-state index < -0.39 is 0 Å². The van der Waals surface area contributed by atoms with Crippen molar-refractivity contribution in [3.05, 3.63) is 60.4 Å². The highest BCUT2D eigenvalue weighted by atomic mass is 16.5. The van der Waals surface area contributed by atoms with Crippen molar-refractivity contribution in [2.45, 2.75) is 32.2 Å². The Bertz CT molecular complexity index is 1290. The average Bonchev–Trinajstić information content (AvgIpc) is 3.25. The molecule has 0 unspecified atom stereocenters. The number of carbonyl (C=O) groups is 1. The number of amides is 1. The lowest BCUT2D eigenvalue weighted by molar-refractivity contribution is -0.148. The van der Waals surface area contributed by atoms with E-state index in [0.717, 1.165) is 78.8 Å². The largest absolute Gasteiger partial charge is 0.356 e. The molecule has 162 valence electrons. The molecular formula is C25H25N5O2. The van der Waals surface area contributed by atoms with E-state index in [1.54, 1.807) is 0 Å². The van der Waals surface area contributed by atoms with Crippen LogP contribution in [0, 0.1) is 5.41 Å². The molecule has 0 N–H and O–H groups in total. The molecule has 2 fully saturated rings. The van der Waals surface area contributed by atoms with Gasteiger partial charge in [0.05, 0.1) is 29.2 Å². The monoisotopic (exact) mass is 427 g/mol. The highest BCUT2D eigenvalue weighted by Gasteiger charge is 2.46. The average molecular weight is 428 g/mol. The van der Waals surface area contributed by atoms with Gasteiger partial charge in [-0.05, 0) is 49.9 Å². The standard InChI is InChI=1S/C25H25N5O2/c31-24-25(10-5-13-30(24)17-21-18-6-1-4-9-22(18)32-28-21)11-14-29(15-12-25)23-16-26-19-7-2-3-8-20(19)27-23/h1-4,6-9,16H,5,10-15,17H2. The van der Waals surface area contributed by atoms with Gasteiger partial charge < -0.3 is 14.3 Å². The normalized spacial score (nSPS) is 18.7. The molecule has 6 rings (SSSR count). The molecular weight excluding hydrogens is 402 g/mol. The van der Waals surface area contributed by atoms with Crippen LogP contribution in [0.3, 0.4) is 0 Å². The van der Waals surface area contributed by atoms with Crippen LogP contribution in [0.25, 0.3) is 22.0 Å². The summed E-state index contributed by atoms with van der Waals surface area (Å²) in [6.07, 6.45) is 5.52. The Morgan fingerprint density at radius 3 is 2.59 bits per heavy atom. The molecule has 4 aromatic rings. The van der Waals surface area contributed by atoms with Gasteiger partial charge in [0.2, 0.25) is 5.91 Å².